The fraction of sp³-hybridized carbons (Fsp3) is 0. The summed E-state index contributed by atoms with van der Waals surface area (Å²) in [5.41, 5.74) is 0. The van der Waals surface area contributed by atoms with Gasteiger partial charge in [0, 0.05) is 0 Å². The number of hydrogen-bond acceptors (Lipinski definition) is 0. The SMILES string of the molecule is [Cu+2].[Ir+4].[O-2].[O-2].[O-2]. The van der Waals surface area contributed by atoms with Crippen molar-refractivity contribution < 1.29 is 53.6 Å². The van der Waals surface area contributed by atoms with Crippen molar-refractivity contribution in [1.29, 1.82) is 0 Å². The third-order valence-corrected chi connectivity index (χ3v) is 0. The van der Waals surface area contributed by atoms with E-state index in [-0.39, 0.29) is 53.6 Å². The minimum Gasteiger partial charge on any atom is -2.00 e. The maximum atomic E-state index is 0. The molecule has 38 valence electrons. The molecule has 0 heterocycles. The molecule has 0 bridgehead atoms. The predicted molar refractivity (Wildman–Crippen MR) is 2.06 cm³/mol. The Labute approximate surface area is 53.9 Å². The fourth-order valence-electron chi connectivity index (χ4n) is 0. The fourth-order valence-corrected chi connectivity index (χ4v) is 0. The van der Waals surface area contributed by atoms with Crippen LogP contribution in [0.5, 0.6) is 0 Å². The first-order valence-corrected chi connectivity index (χ1v) is 0. The Kier molecular flexibility index (Phi) is 2110. The molecule has 0 aromatic carbocycles. The number of hydrogen-bond donors (Lipinski definition) is 0. The van der Waals surface area contributed by atoms with Gasteiger partial charge in [-0.15, -0.1) is 0 Å². The number of rotatable bonds is 0. The van der Waals surface area contributed by atoms with Gasteiger partial charge in [0.2, 0.25) is 0 Å². The van der Waals surface area contributed by atoms with Gasteiger partial charge in [0.1, 0.15) is 0 Å². The molecule has 0 saturated carbocycles. The predicted octanol–water partition coefficient (Wildman–Crippen LogP) is -0.361. The summed E-state index contributed by atoms with van der Waals surface area (Å²) in [5.74, 6) is 0. The largest absolute Gasteiger partial charge is 4.00 e. The molecule has 0 N–H and O–H groups in total. The molecule has 0 aliphatic rings. The van der Waals surface area contributed by atoms with E-state index in [1.54, 1.807) is 0 Å². The van der Waals surface area contributed by atoms with E-state index >= 15 is 0 Å². The zero-order valence-electron chi connectivity index (χ0n) is 1.86. The van der Waals surface area contributed by atoms with Gasteiger partial charge in [0.15, 0.2) is 0 Å². The Morgan fingerprint density at radius 1 is 0.600 bits per heavy atom. The van der Waals surface area contributed by atoms with Crippen molar-refractivity contribution >= 4 is 0 Å². The summed E-state index contributed by atoms with van der Waals surface area (Å²) >= 11 is 0. The smallest absolute Gasteiger partial charge is 2.00 e. The molecule has 0 aromatic rings. The first-order chi connectivity index (χ1) is 0. The Bertz CT molecular complexity index is 6.85. The molecule has 5 heavy (non-hydrogen) atoms. The molecule has 0 atom stereocenters. The molecule has 0 aliphatic heterocycles. The van der Waals surface area contributed by atoms with Crippen LogP contribution < -0.4 is 0 Å². The maximum Gasteiger partial charge on any atom is 4.00 e. The third kappa shape index (κ3) is 42.7. The van der Waals surface area contributed by atoms with E-state index < -0.39 is 0 Å². The second-order valence-electron chi connectivity index (χ2n) is 0. The van der Waals surface area contributed by atoms with Gasteiger partial charge in [-0.05, 0) is 0 Å². The Morgan fingerprint density at radius 3 is 0.600 bits per heavy atom. The minimum absolute atomic E-state index is 0. The second-order valence-corrected chi connectivity index (χ2v) is 0. The van der Waals surface area contributed by atoms with E-state index in [0.29, 0.717) is 0 Å². The van der Waals surface area contributed by atoms with E-state index in [0.717, 1.165) is 0 Å². The van der Waals surface area contributed by atoms with Crippen LogP contribution in [0, 0.1) is 0 Å². The zero-order chi connectivity index (χ0) is 0. The Morgan fingerprint density at radius 2 is 0.600 bits per heavy atom. The van der Waals surface area contributed by atoms with E-state index in [1.807, 2.05) is 0 Å². The average molecular weight is 304 g/mol. The molecule has 3 nitrogen and oxygen atoms in total. The molecule has 0 saturated heterocycles. The van der Waals surface area contributed by atoms with Crippen LogP contribution in [0.3, 0.4) is 0 Å². The monoisotopic (exact) mass is 304 g/mol. The Hall–Kier alpha value is 1.05. The summed E-state index contributed by atoms with van der Waals surface area (Å²) in [6.45, 7) is 0. The standard InChI is InChI=1S/Cu.Ir.3O/q+2;+4;3*-2. The summed E-state index contributed by atoms with van der Waals surface area (Å²) in [5, 5.41) is 0. The van der Waals surface area contributed by atoms with Gasteiger partial charge in [0.25, 0.3) is 0 Å². The summed E-state index contributed by atoms with van der Waals surface area (Å²) < 4.78 is 0. The van der Waals surface area contributed by atoms with Crippen molar-refractivity contribution in [2.75, 3.05) is 0 Å². The topological polar surface area (TPSA) is 85.5 Å². The zero-order valence-corrected chi connectivity index (χ0v) is 5.20. The third-order valence-electron chi connectivity index (χ3n) is 0. The van der Waals surface area contributed by atoms with Crippen LogP contribution >= 0.6 is 0 Å². The van der Waals surface area contributed by atoms with E-state index in [4.69, 9.17) is 0 Å². The van der Waals surface area contributed by atoms with Gasteiger partial charge in [-0.25, -0.2) is 0 Å². The quantitative estimate of drug-likeness (QED) is 0.547. The van der Waals surface area contributed by atoms with Gasteiger partial charge in [-0.2, -0.15) is 0 Å². The van der Waals surface area contributed by atoms with Crippen molar-refractivity contribution in [3.05, 3.63) is 0 Å². The first-order valence-electron chi connectivity index (χ1n) is 0. The summed E-state index contributed by atoms with van der Waals surface area (Å²) in [6.07, 6.45) is 0. The molecular weight excluding hydrogens is 304 g/mol. The summed E-state index contributed by atoms with van der Waals surface area (Å²) in [6, 6.07) is 0. The normalized spacial score (nSPS) is 0. The van der Waals surface area contributed by atoms with Crippen LogP contribution in [-0.2, 0) is 53.6 Å². The van der Waals surface area contributed by atoms with Crippen molar-refractivity contribution in [3.63, 3.8) is 0 Å². The maximum absolute atomic E-state index is 0. The van der Waals surface area contributed by atoms with Crippen LogP contribution in [0.4, 0.5) is 0 Å². The molecule has 0 rings (SSSR count). The molecule has 2 radical (unpaired) electrons. The molecule has 0 spiro atoms. The average Bonchev–Trinajstić information content (AvgIpc) is 0. The van der Waals surface area contributed by atoms with Crippen molar-refractivity contribution in [2.45, 2.75) is 0 Å². The van der Waals surface area contributed by atoms with Crippen molar-refractivity contribution in [1.82, 2.24) is 0 Å². The first kappa shape index (κ1) is 140. The van der Waals surface area contributed by atoms with Gasteiger partial charge in [0.05, 0.1) is 0 Å². The van der Waals surface area contributed by atoms with E-state index in [9.17, 15) is 0 Å². The molecule has 0 amide bonds. The van der Waals surface area contributed by atoms with Crippen LogP contribution in [0.15, 0.2) is 0 Å². The van der Waals surface area contributed by atoms with Crippen LogP contribution in [-0.4, -0.2) is 0 Å². The molecule has 0 aliphatic carbocycles. The van der Waals surface area contributed by atoms with Gasteiger partial charge >= 0.3 is 37.2 Å². The van der Waals surface area contributed by atoms with Crippen molar-refractivity contribution in [2.24, 2.45) is 0 Å². The van der Waals surface area contributed by atoms with Crippen LogP contribution in [0.25, 0.3) is 0 Å². The van der Waals surface area contributed by atoms with Crippen LogP contribution in [0.1, 0.15) is 0 Å². The molecular formula is CuIrO3. The van der Waals surface area contributed by atoms with Gasteiger partial charge in [-0.3, -0.25) is 0 Å². The molecule has 0 unspecified atom stereocenters. The summed E-state index contributed by atoms with van der Waals surface area (Å²) in [7, 11) is 0. The van der Waals surface area contributed by atoms with Crippen LogP contribution in [0.2, 0.25) is 0 Å². The Balaban J connectivity index is 0. The summed E-state index contributed by atoms with van der Waals surface area (Å²) in [4.78, 5) is 0. The molecule has 5 heteroatoms. The van der Waals surface area contributed by atoms with Gasteiger partial charge < -0.3 is 16.4 Å². The van der Waals surface area contributed by atoms with Gasteiger partial charge in [-0.1, -0.05) is 0 Å². The molecule has 0 fully saturated rings. The van der Waals surface area contributed by atoms with E-state index in [1.165, 1.54) is 0 Å². The minimum atomic E-state index is 0. The second kappa shape index (κ2) is 75.2. The van der Waals surface area contributed by atoms with E-state index in [2.05, 4.69) is 0 Å². The molecule has 0 aromatic heterocycles. The van der Waals surface area contributed by atoms with Crippen molar-refractivity contribution in [3.8, 4) is 0 Å².